The van der Waals surface area contributed by atoms with Crippen LogP contribution in [0.5, 0.6) is 0 Å². The Morgan fingerprint density at radius 1 is 1.16 bits per heavy atom. The summed E-state index contributed by atoms with van der Waals surface area (Å²) in [6, 6.07) is 11.3. The smallest absolute Gasteiger partial charge is 0.405 e. The van der Waals surface area contributed by atoms with Crippen LogP contribution in [0, 0.1) is 17.7 Å². The largest absolute Gasteiger partial charge is 0.465 e. The summed E-state index contributed by atoms with van der Waals surface area (Å²) in [6.45, 7) is 14.9. The SMILES string of the molecule is CCCC[C@@H](c1nc2ccc([C@H]3CCCN3c3ccc(NC(C)(C)C)c(F)c3)cc2[nH]1)C(CC)CC(=O)[C@@H](NC(=O)O)C(C)C. The maximum atomic E-state index is 15.1. The predicted octanol–water partition coefficient (Wildman–Crippen LogP) is 8.81. The van der Waals surface area contributed by atoms with E-state index in [0.717, 1.165) is 67.6 Å². The van der Waals surface area contributed by atoms with Crippen LogP contribution in [0.1, 0.15) is 117 Å². The lowest BCUT2D eigenvalue weighted by Gasteiger charge is -2.28. The highest BCUT2D eigenvalue weighted by Gasteiger charge is 2.32. The fraction of sp³-hybridized carbons (Fsp3) is 0.583. The van der Waals surface area contributed by atoms with E-state index < -0.39 is 12.1 Å². The van der Waals surface area contributed by atoms with Gasteiger partial charge in [0.2, 0.25) is 0 Å². The van der Waals surface area contributed by atoms with Crippen LogP contribution in [0.4, 0.5) is 20.6 Å². The standard InChI is InChI=1S/C36H52FN5O3/c1-8-10-12-26(23(9-2)20-32(43)33(22(3)4)40-35(44)45)34-38-29-16-14-24(19-30(29)39-34)31-13-11-18-42(31)25-15-17-28(27(37)21-25)41-36(5,6)7/h14-17,19,21-23,26,31,33,40-41H,8-13,18,20H2,1-7H3,(H,38,39)(H,44,45)/t23?,26-,31-,33+/m1/s1. The molecule has 4 rings (SSSR count). The molecule has 246 valence electrons. The highest BCUT2D eigenvalue weighted by Crippen LogP contribution is 2.39. The number of nitrogens with one attached hydrogen (secondary N) is 3. The highest BCUT2D eigenvalue weighted by molar-refractivity contribution is 5.87. The van der Waals surface area contributed by atoms with Crippen molar-refractivity contribution in [3.8, 4) is 0 Å². The number of nitrogens with zero attached hydrogens (tertiary/aromatic N) is 2. The number of benzene rings is 2. The van der Waals surface area contributed by atoms with Crippen molar-refractivity contribution in [3.63, 3.8) is 0 Å². The third kappa shape index (κ3) is 8.56. The molecule has 1 unspecified atom stereocenters. The number of aromatic amines is 1. The quantitative estimate of drug-likeness (QED) is 0.143. The number of imidazole rings is 1. The molecule has 45 heavy (non-hydrogen) atoms. The highest BCUT2D eigenvalue weighted by atomic mass is 19.1. The maximum Gasteiger partial charge on any atom is 0.405 e. The number of anilines is 2. The van der Waals surface area contributed by atoms with Crippen LogP contribution in [0.15, 0.2) is 36.4 Å². The van der Waals surface area contributed by atoms with Crippen molar-refractivity contribution in [2.45, 2.75) is 117 Å². The second-order valence-electron chi connectivity index (χ2n) is 14.0. The van der Waals surface area contributed by atoms with Gasteiger partial charge in [-0.25, -0.2) is 14.2 Å². The van der Waals surface area contributed by atoms with Crippen molar-refractivity contribution in [2.24, 2.45) is 11.8 Å². The lowest BCUT2D eigenvalue weighted by Crippen LogP contribution is -2.44. The van der Waals surface area contributed by atoms with Crippen LogP contribution in [0.25, 0.3) is 11.0 Å². The van der Waals surface area contributed by atoms with E-state index in [1.165, 1.54) is 5.56 Å². The van der Waals surface area contributed by atoms with Crippen molar-refractivity contribution >= 4 is 34.3 Å². The Bertz CT molecular complexity index is 1460. The van der Waals surface area contributed by atoms with E-state index in [4.69, 9.17) is 4.98 Å². The number of carbonyl (C=O) groups is 2. The molecule has 3 aromatic rings. The number of carbonyl (C=O) groups excluding carboxylic acids is 1. The Kier molecular flexibility index (Phi) is 11.2. The van der Waals surface area contributed by atoms with E-state index in [9.17, 15) is 14.7 Å². The number of halogens is 1. The Morgan fingerprint density at radius 2 is 1.91 bits per heavy atom. The molecule has 0 bridgehead atoms. The number of unbranched alkanes of at least 4 members (excludes halogenated alkanes) is 1. The van der Waals surface area contributed by atoms with E-state index >= 15 is 4.39 Å². The van der Waals surface area contributed by atoms with E-state index in [0.29, 0.717) is 12.1 Å². The van der Waals surface area contributed by atoms with Gasteiger partial charge in [0.25, 0.3) is 0 Å². The molecule has 0 aliphatic carbocycles. The minimum Gasteiger partial charge on any atom is -0.465 e. The Labute approximate surface area is 267 Å². The third-order valence-electron chi connectivity index (χ3n) is 9.03. The summed E-state index contributed by atoms with van der Waals surface area (Å²) in [5.74, 6) is 0.529. The monoisotopic (exact) mass is 621 g/mol. The van der Waals surface area contributed by atoms with Gasteiger partial charge in [0.05, 0.1) is 28.8 Å². The lowest BCUT2D eigenvalue weighted by atomic mass is 9.80. The molecular formula is C36H52FN5O3. The molecule has 1 fully saturated rings. The Balaban J connectivity index is 1.59. The maximum absolute atomic E-state index is 15.1. The molecular weight excluding hydrogens is 569 g/mol. The molecule has 0 saturated carbocycles. The van der Waals surface area contributed by atoms with Crippen molar-refractivity contribution in [3.05, 3.63) is 53.6 Å². The van der Waals surface area contributed by atoms with Gasteiger partial charge in [-0.05, 0) is 87.8 Å². The summed E-state index contributed by atoms with van der Waals surface area (Å²) in [6.07, 6.45) is 4.87. The number of ketones is 1. The summed E-state index contributed by atoms with van der Waals surface area (Å²) in [5, 5.41) is 15.0. The van der Waals surface area contributed by atoms with Crippen molar-refractivity contribution in [1.82, 2.24) is 15.3 Å². The molecule has 1 aliphatic rings. The molecule has 1 saturated heterocycles. The molecule has 0 radical (unpaired) electrons. The molecule has 2 aromatic carbocycles. The number of amides is 1. The van der Waals surface area contributed by atoms with Gasteiger partial charge in [-0.15, -0.1) is 0 Å². The second kappa shape index (κ2) is 14.6. The molecule has 8 nitrogen and oxygen atoms in total. The van der Waals surface area contributed by atoms with Crippen molar-refractivity contribution in [2.75, 3.05) is 16.8 Å². The van der Waals surface area contributed by atoms with Gasteiger partial charge in [0.15, 0.2) is 5.78 Å². The molecule has 1 amide bonds. The number of H-pyrrole nitrogens is 1. The third-order valence-corrected chi connectivity index (χ3v) is 9.03. The van der Waals surface area contributed by atoms with Gasteiger partial charge in [0, 0.05) is 30.1 Å². The number of aromatic nitrogens is 2. The van der Waals surface area contributed by atoms with Gasteiger partial charge in [-0.3, -0.25) is 4.79 Å². The first-order chi connectivity index (χ1) is 21.3. The number of hydrogen-bond acceptors (Lipinski definition) is 5. The minimum absolute atomic E-state index is 0.0388. The van der Waals surface area contributed by atoms with E-state index in [1.807, 2.05) is 46.8 Å². The Morgan fingerprint density at radius 3 is 2.53 bits per heavy atom. The summed E-state index contributed by atoms with van der Waals surface area (Å²) in [5.41, 5.74) is 4.17. The first-order valence-corrected chi connectivity index (χ1v) is 16.7. The van der Waals surface area contributed by atoms with E-state index in [1.54, 1.807) is 6.07 Å². The van der Waals surface area contributed by atoms with Crippen LogP contribution in [-0.4, -0.2) is 45.1 Å². The van der Waals surface area contributed by atoms with E-state index in [2.05, 4.69) is 52.6 Å². The van der Waals surface area contributed by atoms with Crippen LogP contribution in [0.3, 0.4) is 0 Å². The molecule has 1 aromatic heterocycles. The molecule has 2 heterocycles. The Hall–Kier alpha value is -3.62. The molecule has 0 spiro atoms. The van der Waals surface area contributed by atoms with E-state index in [-0.39, 0.29) is 40.9 Å². The summed E-state index contributed by atoms with van der Waals surface area (Å²) in [7, 11) is 0. The number of fused-ring (bicyclic) bond motifs is 1. The first-order valence-electron chi connectivity index (χ1n) is 16.7. The lowest BCUT2D eigenvalue weighted by molar-refractivity contribution is -0.123. The fourth-order valence-corrected chi connectivity index (χ4v) is 6.77. The zero-order chi connectivity index (χ0) is 32.9. The first kappa shape index (κ1) is 34.3. The normalized spacial score (nSPS) is 17.4. The van der Waals surface area contributed by atoms with Gasteiger partial charge in [-0.1, -0.05) is 53.0 Å². The average Bonchev–Trinajstić information content (AvgIpc) is 3.62. The van der Waals surface area contributed by atoms with Crippen LogP contribution in [-0.2, 0) is 4.79 Å². The second-order valence-corrected chi connectivity index (χ2v) is 14.0. The number of rotatable bonds is 14. The van der Waals surface area contributed by atoms with Gasteiger partial charge in [-0.2, -0.15) is 0 Å². The van der Waals surface area contributed by atoms with Crippen LogP contribution < -0.4 is 15.5 Å². The zero-order valence-electron chi connectivity index (χ0n) is 28.0. The van der Waals surface area contributed by atoms with Gasteiger partial charge in [0.1, 0.15) is 11.6 Å². The van der Waals surface area contributed by atoms with Crippen LogP contribution >= 0.6 is 0 Å². The number of carboxylic acid groups (broad SMARTS) is 1. The van der Waals surface area contributed by atoms with Crippen molar-refractivity contribution < 1.29 is 19.1 Å². The number of hydrogen-bond donors (Lipinski definition) is 4. The predicted molar refractivity (Wildman–Crippen MR) is 181 cm³/mol. The molecule has 4 atom stereocenters. The topological polar surface area (TPSA) is 110 Å². The van der Waals surface area contributed by atoms with Gasteiger partial charge >= 0.3 is 6.09 Å². The van der Waals surface area contributed by atoms with Crippen molar-refractivity contribution in [1.29, 1.82) is 0 Å². The zero-order valence-corrected chi connectivity index (χ0v) is 28.0. The molecule has 1 aliphatic heterocycles. The van der Waals surface area contributed by atoms with Gasteiger partial charge < -0.3 is 25.6 Å². The summed E-state index contributed by atoms with van der Waals surface area (Å²) < 4.78 is 15.1. The fourth-order valence-electron chi connectivity index (χ4n) is 6.77. The van der Waals surface area contributed by atoms with Crippen LogP contribution in [0.2, 0.25) is 0 Å². The number of Topliss-reactive ketones (excluding diaryl/α,β-unsaturated/α-hetero) is 1. The average molecular weight is 622 g/mol. The molecule has 9 heteroatoms. The molecule has 4 N–H and O–H groups in total. The summed E-state index contributed by atoms with van der Waals surface area (Å²) >= 11 is 0. The summed E-state index contributed by atoms with van der Waals surface area (Å²) in [4.78, 5) is 35.6. The minimum atomic E-state index is -1.17.